The maximum Gasteiger partial charge on any atom is 0.329 e. The summed E-state index contributed by atoms with van der Waals surface area (Å²) < 4.78 is 5.31. The number of ether oxygens (including phenoxy) is 1. The first-order chi connectivity index (χ1) is 14.3. The van der Waals surface area contributed by atoms with Gasteiger partial charge in [0.1, 0.15) is 6.04 Å². The highest BCUT2D eigenvalue weighted by molar-refractivity contribution is 5.97. The molecule has 10 heteroatoms. The number of nitro benzene ring substituents is 1. The molecule has 0 aliphatic carbocycles. The summed E-state index contributed by atoms with van der Waals surface area (Å²) >= 11 is 0. The number of aromatic amines is 1. The van der Waals surface area contributed by atoms with Crippen LogP contribution in [0.2, 0.25) is 0 Å². The fraction of sp³-hybridized carbons (Fsp3) is 0.200. The van der Waals surface area contributed by atoms with Crippen molar-refractivity contribution < 1.29 is 19.2 Å². The van der Waals surface area contributed by atoms with Crippen molar-refractivity contribution in [3.05, 3.63) is 80.4 Å². The second-order valence-corrected chi connectivity index (χ2v) is 6.55. The van der Waals surface area contributed by atoms with Gasteiger partial charge in [0.2, 0.25) is 0 Å². The van der Waals surface area contributed by atoms with Gasteiger partial charge in [-0.2, -0.15) is 0 Å². The van der Waals surface area contributed by atoms with Crippen LogP contribution in [0.25, 0.3) is 10.9 Å². The van der Waals surface area contributed by atoms with Crippen LogP contribution in [0.4, 0.5) is 5.69 Å². The number of esters is 1. The zero-order chi connectivity index (χ0) is 21.8. The van der Waals surface area contributed by atoms with Crippen molar-refractivity contribution >= 4 is 28.5 Å². The van der Waals surface area contributed by atoms with Crippen molar-refractivity contribution in [3.63, 3.8) is 0 Å². The fourth-order valence-electron chi connectivity index (χ4n) is 2.73. The smallest absolute Gasteiger partial charge is 0.329 e. The Morgan fingerprint density at radius 2 is 1.90 bits per heavy atom. The molecule has 0 bridgehead atoms. The van der Waals surface area contributed by atoms with Crippen LogP contribution in [-0.2, 0) is 9.53 Å². The van der Waals surface area contributed by atoms with E-state index in [1.807, 2.05) is 0 Å². The molecule has 0 radical (unpaired) electrons. The average Bonchev–Trinajstić information content (AvgIpc) is 2.73. The molecule has 154 valence electrons. The molecular weight excluding hydrogens is 392 g/mol. The lowest BCUT2D eigenvalue weighted by Gasteiger charge is -2.17. The topological polar surface area (TPSA) is 144 Å². The van der Waals surface area contributed by atoms with E-state index in [-0.39, 0.29) is 22.6 Å². The van der Waals surface area contributed by atoms with E-state index in [1.54, 1.807) is 31.2 Å². The zero-order valence-electron chi connectivity index (χ0n) is 16.1. The predicted molar refractivity (Wildman–Crippen MR) is 107 cm³/mol. The number of benzene rings is 2. The Balaban J connectivity index is 1.68. The number of hydrogen-bond donors (Lipinski definition) is 2. The number of hydrogen-bond acceptors (Lipinski definition) is 7. The van der Waals surface area contributed by atoms with E-state index in [4.69, 9.17) is 4.74 Å². The number of fused-ring (bicyclic) bond motifs is 1. The van der Waals surface area contributed by atoms with Gasteiger partial charge in [-0.3, -0.25) is 19.7 Å². The largest absolute Gasteiger partial charge is 0.453 e. The van der Waals surface area contributed by atoms with Crippen molar-refractivity contribution in [3.8, 4) is 0 Å². The van der Waals surface area contributed by atoms with Crippen LogP contribution in [0, 0.1) is 10.1 Å². The minimum absolute atomic E-state index is 0.0393. The molecule has 2 unspecified atom stereocenters. The first kappa shape index (κ1) is 20.6. The number of nitrogens with one attached hydrogen (secondary N) is 2. The molecular formula is C20H18N4O6. The normalized spacial score (nSPS) is 12.7. The molecule has 2 N–H and O–H groups in total. The third kappa shape index (κ3) is 4.49. The van der Waals surface area contributed by atoms with Crippen LogP contribution >= 0.6 is 0 Å². The van der Waals surface area contributed by atoms with Crippen LogP contribution in [0.5, 0.6) is 0 Å². The zero-order valence-corrected chi connectivity index (χ0v) is 16.1. The average molecular weight is 410 g/mol. The molecule has 10 nitrogen and oxygen atoms in total. The van der Waals surface area contributed by atoms with Gasteiger partial charge in [-0.25, -0.2) is 9.78 Å². The Morgan fingerprint density at radius 3 is 2.63 bits per heavy atom. The minimum atomic E-state index is -1.04. The Morgan fingerprint density at radius 1 is 1.17 bits per heavy atom. The lowest BCUT2D eigenvalue weighted by molar-refractivity contribution is -0.384. The molecule has 1 aromatic heterocycles. The summed E-state index contributed by atoms with van der Waals surface area (Å²) in [6.07, 6.45) is -0.869. The third-order valence-electron chi connectivity index (χ3n) is 4.33. The van der Waals surface area contributed by atoms with Crippen LogP contribution in [0.15, 0.2) is 53.3 Å². The maximum atomic E-state index is 12.4. The number of nitrogens with zero attached hydrogens (tertiary/aromatic N) is 2. The quantitative estimate of drug-likeness (QED) is 0.360. The van der Waals surface area contributed by atoms with Crippen molar-refractivity contribution in [2.75, 3.05) is 0 Å². The van der Waals surface area contributed by atoms with Crippen molar-refractivity contribution in [1.29, 1.82) is 0 Å². The summed E-state index contributed by atoms with van der Waals surface area (Å²) in [5, 5.41) is 13.7. The van der Waals surface area contributed by atoms with Gasteiger partial charge in [-0.15, -0.1) is 0 Å². The lowest BCUT2D eigenvalue weighted by atomic mass is 10.2. The SMILES string of the molecule is CC(NC(=O)c1cccc([N+](=O)[O-])c1)C(=O)OC(C)c1nc2ccccc2c(=O)[nH]1. The van der Waals surface area contributed by atoms with E-state index in [0.29, 0.717) is 10.9 Å². The van der Waals surface area contributed by atoms with Crippen molar-refractivity contribution in [1.82, 2.24) is 15.3 Å². The summed E-state index contributed by atoms with van der Waals surface area (Å²) in [5.41, 5.74) is -0.0908. The Bertz CT molecular complexity index is 1190. The number of rotatable bonds is 6. The van der Waals surface area contributed by atoms with E-state index in [0.717, 1.165) is 6.07 Å². The summed E-state index contributed by atoms with van der Waals surface area (Å²) in [7, 11) is 0. The molecule has 2 atom stereocenters. The van der Waals surface area contributed by atoms with Crippen LogP contribution in [-0.4, -0.2) is 32.8 Å². The second kappa shape index (κ2) is 8.52. The number of carbonyl (C=O) groups is 2. The molecule has 2 aromatic carbocycles. The monoisotopic (exact) mass is 410 g/mol. The Labute approximate surface area is 170 Å². The number of H-pyrrole nitrogens is 1. The summed E-state index contributed by atoms with van der Waals surface area (Å²) in [6, 6.07) is 10.9. The lowest BCUT2D eigenvalue weighted by Crippen LogP contribution is -2.40. The van der Waals surface area contributed by atoms with E-state index < -0.39 is 28.9 Å². The van der Waals surface area contributed by atoms with E-state index in [9.17, 15) is 24.5 Å². The molecule has 3 aromatic rings. The Hall–Kier alpha value is -4.08. The molecule has 0 aliphatic rings. The molecule has 0 fully saturated rings. The van der Waals surface area contributed by atoms with Gasteiger partial charge >= 0.3 is 5.97 Å². The maximum absolute atomic E-state index is 12.4. The van der Waals surface area contributed by atoms with Gasteiger partial charge < -0.3 is 15.0 Å². The van der Waals surface area contributed by atoms with E-state index >= 15 is 0 Å². The number of nitro groups is 1. The summed E-state index contributed by atoms with van der Waals surface area (Å²) in [4.78, 5) is 53.9. The molecule has 30 heavy (non-hydrogen) atoms. The number of para-hydroxylation sites is 1. The number of carbonyl (C=O) groups excluding carboxylic acids is 2. The van der Waals surface area contributed by atoms with Crippen LogP contribution < -0.4 is 10.9 Å². The minimum Gasteiger partial charge on any atom is -0.453 e. The van der Waals surface area contributed by atoms with Crippen LogP contribution in [0.3, 0.4) is 0 Å². The van der Waals surface area contributed by atoms with Gasteiger partial charge in [0.25, 0.3) is 17.2 Å². The van der Waals surface area contributed by atoms with Gasteiger partial charge in [-0.1, -0.05) is 18.2 Å². The molecule has 1 heterocycles. The van der Waals surface area contributed by atoms with Crippen LogP contribution in [0.1, 0.15) is 36.1 Å². The highest BCUT2D eigenvalue weighted by Crippen LogP contribution is 2.16. The van der Waals surface area contributed by atoms with Crippen molar-refractivity contribution in [2.45, 2.75) is 26.0 Å². The summed E-state index contributed by atoms with van der Waals surface area (Å²) in [5.74, 6) is -1.24. The van der Waals surface area contributed by atoms with E-state index in [1.165, 1.54) is 25.1 Å². The molecule has 1 amide bonds. The number of aromatic nitrogens is 2. The van der Waals surface area contributed by atoms with Gasteiger partial charge in [0, 0.05) is 17.7 Å². The van der Waals surface area contributed by atoms with E-state index in [2.05, 4.69) is 15.3 Å². The van der Waals surface area contributed by atoms with Gasteiger partial charge in [-0.05, 0) is 32.0 Å². The molecule has 0 aliphatic heterocycles. The second-order valence-electron chi connectivity index (χ2n) is 6.55. The first-order valence-corrected chi connectivity index (χ1v) is 9.01. The highest BCUT2D eigenvalue weighted by Gasteiger charge is 2.23. The van der Waals surface area contributed by atoms with Crippen molar-refractivity contribution in [2.24, 2.45) is 0 Å². The predicted octanol–water partition coefficient (Wildman–Crippen LogP) is 2.25. The number of non-ortho nitro benzene ring substituents is 1. The first-order valence-electron chi connectivity index (χ1n) is 9.01. The molecule has 0 saturated heterocycles. The highest BCUT2D eigenvalue weighted by atomic mass is 16.6. The Kier molecular flexibility index (Phi) is 5.86. The molecule has 0 saturated carbocycles. The molecule has 0 spiro atoms. The number of amides is 1. The van der Waals surface area contributed by atoms with Gasteiger partial charge in [0.15, 0.2) is 11.9 Å². The van der Waals surface area contributed by atoms with Gasteiger partial charge in [0.05, 0.1) is 15.8 Å². The standard InChI is InChI=1S/C20H18N4O6/c1-11(21-18(25)13-6-5-7-14(10-13)24(28)29)20(27)30-12(2)17-22-16-9-4-3-8-15(16)19(26)23-17/h3-12H,1-2H3,(H,21,25)(H,22,23,26). The summed E-state index contributed by atoms with van der Waals surface area (Å²) in [6.45, 7) is 2.96. The fourth-order valence-corrected chi connectivity index (χ4v) is 2.73. The molecule has 3 rings (SSSR count). The third-order valence-corrected chi connectivity index (χ3v) is 4.33.